The molecule has 1 heterocycles. The minimum absolute atomic E-state index is 0.664. The number of thioether (sulfide) groups is 1. The van der Waals surface area contributed by atoms with Gasteiger partial charge in [0.15, 0.2) is 0 Å². The molecule has 0 unspecified atom stereocenters. The summed E-state index contributed by atoms with van der Waals surface area (Å²) in [7, 11) is 0. The molecular weight excluding hydrogens is 340 g/mol. The van der Waals surface area contributed by atoms with Gasteiger partial charge in [-0.25, -0.2) is 0 Å². The van der Waals surface area contributed by atoms with Crippen molar-refractivity contribution in [3.63, 3.8) is 0 Å². The van der Waals surface area contributed by atoms with Crippen molar-refractivity contribution in [2.24, 2.45) is 0 Å². The monoisotopic (exact) mass is 356 g/mol. The molecule has 24 heavy (non-hydrogen) atoms. The second-order valence-electron chi connectivity index (χ2n) is 5.13. The van der Waals surface area contributed by atoms with Gasteiger partial charge in [0.2, 0.25) is 0 Å². The lowest BCUT2D eigenvalue weighted by molar-refractivity contribution is 0.340. The minimum atomic E-state index is 0.664. The summed E-state index contributed by atoms with van der Waals surface area (Å²) >= 11 is 7.64. The average Bonchev–Trinajstić information content (AvgIpc) is 2.62. The zero-order chi connectivity index (χ0) is 16.8. The second-order valence-corrected chi connectivity index (χ2v) is 6.56. The highest BCUT2D eigenvalue weighted by Crippen LogP contribution is 2.25. The molecule has 0 saturated heterocycles. The van der Waals surface area contributed by atoms with E-state index in [0.717, 1.165) is 32.8 Å². The van der Waals surface area contributed by atoms with Crippen LogP contribution in [0.15, 0.2) is 65.7 Å². The lowest BCUT2D eigenvalue weighted by Gasteiger charge is -2.05. The van der Waals surface area contributed by atoms with Crippen LogP contribution in [0.25, 0.3) is 11.3 Å². The lowest BCUT2D eigenvalue weighted by atomic mass is 10.1. The van der Waals surface area contributed by atoms with Crippen LogP contribution in [-0.2, 0) is 5.75 Å². The summed E-state index contributed by atoms with van der Waals surface area (Å²) in [5.41, 5.74) is 3.05. The summed E-state index contributed by atoms with van der Waals surface area (Å²) in [5, 5.41) is 10.3. The fraction of sp³-hybridized carbons (Fsp3) is 0.158. The highest BCUT2D eigenvalue weighted by molar-refractivity contribution is 7.98. The molecule has 0 spiro atoms. The van der Waals surface area contributed by atoms with E-state index in [2.05, 4.69) is 16.3 Å². The van der Waals surface area contributed by atoms with Crippen molar-refractivity contribution in [2.75, 3.05) is 6.61 Å². The van der Waals surface area contributed by atoms with Crippen LogP contribution in [-0.4, -0.2) is 16.8 Å². The number of hydrogen-bond donors (Lipinski definition) is 0. The number of ether oxygens (including phenoxy) is 1. The first kappa shape index (κ1) is 16.8. The van der Waals surface area contributed by atoms with E-state index in [1.54, 1.807) is 11.8 Å². The summed E-state index contributed by atoms with van der Waals surface area (Å²) in [6, 6.07) is 19.7. The Morgan fingerprint density at radius 3 is 2.50 bits per heavy atom. The van der Waals surface area contributed by atoms with Gasteiger partial charge >= 0.3 is 0 Å². The molecule has 1 aromatic heterocycles. The average molecular weight is 357 g/mol. The van der Waals surface area contributed by atoms with Gasteiger partial charge in [-0.1, -0.05) is 35.5 Å². The zero-order valence-corrected chi connectivity index (χ0v) is 14.8. The Morgan fingerprint density at radius 2 is 1.83 bits per heavy atom. The number of rotatable bonds is 6. The number of aromatic nitrogens is 2. The van der Waals surface area contributed by atoms with E-state index in [-0.39, 0.29) is 0 Å². The molecule has 0 bridgehead atoms. The minimum Gasteiger partial charge on any atom is -0.494 e. The molecule has 5 heteroatoms. The molecular formula is C19H17ClN2OS. The summed E-state index contributed by atoms with van der Waals surface area (Å²) in [5.74, 6) is 1.68. The van der Waals surface area contributed by atoms with E-state index in [4.69, 9.17) is 16.3 Å². The molecule has 0 N–H and O–H groups in total. The van der Waals surface area contributed by atoms with E-state index in [9.17, 15) is 0 Å². The highest BCUT2D eigenvalue weighted by atomic mass is 35.5. The third kappa shape index (κ3) is 4.49. The second kappa shape index (κ2) is 8.18. The van der Waals surface area contributed by atoms with Crippen LogP contribution in [0.5, 0.6) is 5.75 Å². The first-order valence-corrected chi connectivity index (χ1v) is 9.05. The van der Waals surface area contributed by atoms with Gasteiger partial charge in [0.25, 0.3) is 0 Å². The normalized spacial score (nSPS) is 10.6. The number of hydrogen-bond acceptors (Lipinski definition) is 4. The van der Waals surface area contributed by atoms with Crippen LogP contribution < -0.4 is 4.74 Å². The van der Waals surface area contributed by atoms with Gasteiger partial charge in [-0.3, -0.25) is 0 Å². The van der Waals surface area contributed by atoms with E-state index < -0.39 is 0 Å². The third-order valence-electron chi connectivity index (χ3n) is 3.38. The molecule has 3 nitrogen and oxygen atoms in total. The lowest BCUT2D eigenvalue weighted by Crippen LogP contribution is -1.92. The Labute approximate surface area is 151 Å². The Bertz CT molecular complexity index is 791. The molecule has 2 aromatic carbocycles. The first-order valence-electron chi connectivity index (χ1n) is 7.69. The molecule has 0 aliphatic carbocycles. The van der Waals surface area contributed by atoms with Gasteiger partial charge in [0.05, 0.1) is 12.3 Å². The molecule has 3 aromatic rings. The topological polar surface area (TPSA) is 35.0 Å². The maximum atomic E-state index is 6.00. The molecule has 0 saturated carbocycles. The largest absolute Gasteiger partial charge is 0.494 e. The van der Waals surface area contributed by atoms with Crippen molar-refractivity contribution >= 4 is 23.4 Å². The van der Waals surface area contributed by atoms with Crippen molar-refractivity contribution < 1.29 is 4.74 Å². The van der Waals surface area contributed by atoms with E-state index in [0.29, 0.717) is 6.61 Å². The molecule has 122 valence electrons. The van der Waals surface area contributed by atoms with Crippen LogP contribution in [0.2, 0.25) is 5.02 Å². The molecule has 0 aliphatic rings. The summed E-state index contributed by atoms with van der Waals surface area (Å²) in [6.45, 7) is 2.64. The van der Waals surface area contributed by atoms with Crippen LogP contribution in [0, 0.1) is 0 Å². The van der Waals surface area contributed by atoms with Crippen molar-refractivity contribution in [3.8, 4) is 17.0 Å². The predicted octanol–water partition coefficient (Wildman–Crippen LogP) is 5.49. The van der Waals surface area contributed by atoms with Crippen LogP contribution in [0.1, 0.15) is 12.5 Å². The molecule has 0 amide bonds. The highest BCUT2D eigenvalue weighted by Gasteiger charge is 2.03. The number of nitrogens with zero attached hydrogens (tertiary/aromatic N) is 2. The zero-order valence-electron chi connectivity index (χ0n) is 13.3. The van der Waals surface area contributed by atoms with Gasteiger partial charge in [0.1, 0.15) is 10.8 Å². The first-order chi connectivity index (χ1) is 11.7. The van der Waals surface area contributed by atoms with E-state index in [1.165, 1.54) is 5.56 Å². The Morgan fingerprint density at radius 1 is 1.00 bits per heavy atom. The summed E-state index contributed by atoms with van der Waals surface area (Å²) < 4.78 is 5.45. The van der Waals surface area contributed by atoms with Crippen molar-refractivity contribution in [2.45, 2.75) is 17.7 Å². The van der Waals surface area contributed by atoms with Crippen molar-refractivity contribution in [1.29, 1.82) is 0 Å². The fourth-order valence-electron chi connectivity index (χ4n) is 2.22. The third-order valence-corrected chi connectivity index (χ3v) is 4.60. The molecule has 0 atom stereocenters. The van der Waals surface area contributed by atoms with Gasteiger partial charge in [-0.15, -0.1) is 10.2 Å². The molecule has 0 fully saturated rings. The van der Waals surface area contributed by atoms with E-state index >= 15 is 0 Å². The number of halogens is 1. The van der Waals surface area contributed by atoms with Crippen molar-refractivity contribution in [3.05, 3.63) is 71.2 Å². The Balaban J connectivity index is 1.64. The SMILES string of the molecule is CCOc1ccc(-c2ccc(SCc3cccc(Cl)c3)nn2)cc1. The fourth-order valence-corrected chi connectivity index (χ4v) is 3.19. The predicted molar refractivity (Wildman–Crippen MR) is 99.7 cm³/mol. The molecule has 3 rings (SSSR count). The van der Waals surface area contributed by atoms with Crippen LogP contribution in [0.3, 0.4) is 0 Å². The quantitative estimate of drug-likeness (QED) is 0.547. The van der Waals surface area contributed by atoms with E-state index in [1.807, 2.05) is 61.5 Å². The standard InChI is InChI=1S/C19H17ClN2OS/c1-2-23-17-8-6-15(7-9-17)18-10-11-19(22-21-18)24-13-14-4-3-5-16(20)12-14/h3-12H,2,13H2,1H3. The maximum absolute atomic E-state index is 6.00. The van der Waals surface area contributed by atoms with Crippen molar-refractivity contribution in [1.82, 2.24) is 10.2 Å². The summed E-state index contributed by atoms with van der Waals surface area (Å²) in [6.07, 6.45) is 0. The molecule has 0 aliphatic heterocycles. The Hall–Kier alpha value is -2.04. The smallest absolute Gasteiger partial charge is 0.119 e. The Kier molecular flexibility index (Phi) is 5.72. The van der Waals surface area contributed by atoms with Gasteiger partial charge in [0, 0.05) is 16.3 Å². The maximum Gasteiger partial charge on any atom is 0.119 e. The van der Waals surface area contributed by atoms with Crippen LogP contribution >= 0.6 is 23.4 Å². The number of benzene rings is 2. The van der Waals surface area contributed by atoms with Gasteiger partial charge in [-0.2, -0.15) is 0 Å². The molecule has 0 radical (unpaired) electrons. The van der Waals surface area contributed by atoms with Crippen LogP contribution in [0.4, 0.5) is 0 Å². The van der Waals surface area contributed by atoms with Gasteiger partial charge < -0.3 is 4.74 Å². The van der Waals surface area contributed by atoms with Gasteiger partial charge in [-0.05, 0) is 61.0 Å². The summed E-state index contributed by atoms with van der Waals surface area (Å²) in [4.78, 5) is 0.